The summed E-state index contributed by atoms with van der Waals surface area (Å²) in [5.74, 6) is -0.351. The van der Waals surface area contributed by atoms with Gasteiger partial charge in [-0.2, -0.15) is 4.31 Å². The number of anilines is 1. The van der Waals surface area contributed by atoms with E-state index in [2.05, 4.69) is 17.1 Å². The molecule has 0 radical (unpaired) electrons. The lowest BCUT2D eigenvalue weighted by Crippen LogP contribution is -2.40. The highest BCUT2D eigenvalue weighted by Gasteiger charge is 2.32. The van der Waals surface area contributed by atoms with Crippen LogP contribution in [0.2, 0.25) is 0 Å². The van der Waals surface area contributed by atoms with Crippen LogP contribution < -0.4 is 5.32 Å². The van der Waals surface area contributed by atoms with Gasteiger partial charge in [-0.05, 0) is 62.1 Å². The van der Waals surface area contributed by atoms with Gasteiger partial charge in [0.25, 0.3) is 11.8 Å². The van der Waals surface area contributed by atoms with Crippen molar-refractivity contribution in [3.05, 3.63) is 45.8 Å². The molecule has 0 saturated carbocycles. The average Bonchev–Trinajstić information content (AvgIpc) is 3.57. The first-order valence-electron chi connectivity index (χ1n) is 13.0. The number of ether oxygens (including phenoxy) is 1. The number of morpholine rings is 1. The first kappa shape index (κ1) is 26.3. The summed E-state index contributed by atoms with van der Waals surface area (Å²) in [7, 11) is -3.63. The summed E-state index contributed by atoms with van der Waals surface area (Å²) < 4.78 is 32.5. The monoisotopic (exact) mass is 546 g/mol. The number of hydrogen-bond acceptors (Lipinski definition) is 7. The molecular weight excluding hydrogens is 512 g/mol. The number of nitrogens with one attached hydrogen (secondary N) is 1. The SMILES string of the molecule is CCCN1CCc2c(sc(NC(=O)c3ccc(S(=O)(=O)N4CCOCC4)cc3)c2C(=O)N2CCCC2)C1. The summed E-state index contributed by atoms with van der Waals surface area (Å²) in [6.07, 6.45) is 3.87. The van der Waals surface area contributed by atoms with E-state index < -0.39 is 10.0 Å². The summed E-state index contributed by atoms with van der Waals surface area (Å²) in [5, 5.41) is 3.59. The molecule has 5 rings (SSSR count). The van der Waals surface area contributed by atoms with E-state index in [1.807, 2.05) is 4.90 Å². The fourth-order valence-corrected chi connectivity index (χ4v) is 7.93. The fourth-order valence-electron chi connectivity index (χ4n) is 5.25. The summed E-state index contributed by atoms with van der Waals surface area (Å²) in [6, 6.07) is 6.00. The molecule has 0 aliphatic carbocycles. The Morgan fingerprint density at radius 1 is 1.03 bits per heavy atom. The Kier molecular flexibility index (Phi) is 7.96. The average molecular weight is 547 g/mol. The maximum atomic E-state index is 13.5. The predicted molar refractivity (Wildman–Crippen MR) is 143 cm³/mol. The van der Waals surface area contributed by atoms with E-state index in [4.69, 9.17) is 4.74 Å². The standard InChI is InChI=1S/C26H34N4O5S2/c1-2-10-28-13-9-21-22(18-28)36-25(23(21)26(32)29-11-3-4-12-29)27-24(31)19-5-7-20(8-6-19)37(33,34)30-14-16-35-17-15-30/h5-8H,2-4,9-18H2,1H3,(H,27,31). The minimum atomic E-state index is -3.63. The van der Waals surface area contributed by atoms with Crippen LogP contribution in [0.4, 0.5) is 5.00 Å². The molecule has 2 aromatic rings. The topological polar surface area (TPSA) is 99.3 Å². The van der Waals surface area contributed by atoms with Crippen molar-refractivity contribution in [1.29, 1.82) is 0 Å². The van der Waals surface area contributed by atoms with Crippen molar-refractivity contribution in [2.75, 3.05) is 57.8 Å². The van der Waals surface area contributed by atoms with Crippen molar-refractivity contribution >= 4 is 38.2 Å². The van der Waals surface area contributed by atoms with Crippen molar-refractivity contribution < 1.29 is 22.7 Å². The number of fused-ring (bicyclic) bond motifs is 1. The van der Waals surface area contributed by atoms with Crippen LogP contribution in [-0.2, 0) is 27.7 Å². The van der Waals surface area contributed by atoms with Gasteiger partial charge in [-0.25, -0.2) is 8.42 Å². The highest BCUT2D eigenvalue weighted by Crippen LogP contribution is 2.38. The lowest BCUT2D eigenvalue weighted by molar-refractivity contribution is 0.0730. The molecule has 0 atom stereocenters. The molecule has 0 unspecified atom stereocenters. The number of carbonyl (C=O) groups excluding carboxylic acids is 2. The maximum Gasteiger partial charge on any atom is 0.257 e. The molecule has 2 amide bonds. The molecule has 2 fully saturated rings. The van der Waals surface area contributed by atoms with E-state index in [-0.39, 0.29) is 16.7 Å². The second kappa shape index (κ2) is 11.2. The Balaban J connectivity index is 1.38. The van der Waals surface area contributed by atoms with Crippen molar-refractivity contribution in [1.82, 2.24) is 14.1 Å². The van der Waals surface area contributed by atoms with E-state index in [0.29, 0.717) is 42.4 Å². The maximum absolute atomic E-state index is 13.5. The molecule has 4 heterocycles. The smallest absolute Gasteiger partial charge is 0.257 e. The number of benzene rings is 1. The molecule has 200 valence electrons. The number of nitrogens with zero attached hydrogens (tertiary/aromatic N) is 3. The summed E-state index contributed by atoms with van der Waals surface area (Å²) >= 11 is 1.49. The Bertz CT molecular complexity index is 1250. The van der Waals surface area contributed by atoms with Crippen LogP contribution in [0.5, 0.6) is 0 Å². The third-order valence-corrected chi connectivity index (χ3v) is 10.3. The molecule has 1 aromatic heterocycles. The molecule has 1 N–H and O–H groups in total. The van der Waals surface area contributed by atoms with E-state index in [0.717, 1.165) is 68.8 Å². The van der Waals surface area contributed by atoms with Crippen LogP contribution in [-0.4, -0.2) is 86.8 Å². The van der Waals surface area contributed by atoms with Gasteiger partial charge in [-0.15, -0.1) is 11.3 Å². The molecule has 1 aromatic carbocycles. The van der Waals surface area contributed by atoms with Crippen molar-refractivity contribution in [2.45, 2.75) is 44.0 Å². The zero-order valence-electron chi connectivity index (χ0n) is 21.2. The molecule has 0 bridgehead atoms. The van der Waals surface area contributed by atoms with Crippen LogP contribution in [0.25, 0.3) is 0 Å². The zero-order chi connectivity index (χ0) is 26.0. The molecule has 11 heteroatoms. The van der Waals surface area contributed by atoms with Gasteiger partial charge in [0.1, 0.15) is 5.00 Å². The van der Waals surface area contributed by atoms with E-state index in [1.165, 1.54) is 39.9 Å². The van der Waals surface area contributed by atoms with E-state index in [9.17, 15) is 18.0 Å². The van der Waals surface area contributed by atoms with Crippen molar-refractivity contribution in [2.24, 2.45) is 0 Å². The Morgan fingerprint density at radius 3 is 2.41 bits per heavy atom. The number of rotatable bonds is 7. The highest BCUT2D eigenvalue weighted by molar-refractivity contribution is 7.89. The van der Waals surface area contributed by atoms with Gasteiger partial charge >= 0.3 is 0 Å². The van der Waals surface area contributed by atoms with Gasteiger partial charge in [0.2, 0.25) is 10.0 Å². The van der Waals surface area contributed by atoms with Crippen LogP contribution >= 0.6 is 11.3 Å². The Hall–Kier alpha value is -2.31. The van der Waals surface area contributed by atoms with Crippen LogP contribution in [0.1, 0.15) is 57.3 Å². The largest absolute Gasteiger partial charge is 0.379 e. The van der Waals surface area contributed by atoms with E-state index in [1.54, 1.807) is 0 Å². The molecule has 9 nitrogen and oxygen atoms in total. The van der Waals surface area contributed by atoms with Gasteiger partial charge < -0.3 is 15.0 Å². The highest BCUT2D eigenvalue weighted by atomic mass is 32.2. The summed E-state index contributed by atoms with van der Waals surface area (Å²) in [6.45, 7) is 7.74. The molecule has 3 aliphatic heterocycles. The number of sulfonamides is 1. The number of hydrogen-bond donors (Lipinski definition) is 1. The minimum absolute atomic E-state index is 0.00111. The van der Waals surface area contributed by atoms with Gasteiger partial charge in [0.15, 0.2) is 0 Å². The summed E-state index contributed by atoms with van der Waals surface area (Å²) in [5.41, 5.74) is 2.05. The second-order valence-corrected chi connectivity index (χ2v) is 12.8. The number of carbonyl (C=O) groups is 2. The molecular formula is C26H34N4O5S2. The Labute approximate surface area is 222 Å². The lowest BCUT2D eigenvalue weighted by atomic mass is 10.0. The zero-order valence-corrected chi connectivity index (χ0v) is 22.8. The van der Waals surface area contributed by atoms with Gasteiger partial charge in [0, 0.05) is 49.7 Å². The first-order valence-corrected chi connectivity index (χ1v) is 15.3. The fraction of sp³-hybridized carbons (Fsp3) is 0.538. The third kappa shape index (κ3) is 5.46. The second-order valence-electron chi connectivity index (χ2n) is 9.73. The Morgan fingerprint density at radius 2 is 1.73 bits per heavy atom. The number of likely N-dealkylation sites (tertiary alicyclic amines) is 1. The molecule has 0 spiro atoms. The first-order chi connectivity index (χ1) is 17.9. The quantitative estimate of drug-likeness (QED) is 0.573. The predicted octanol–water partition coefficient (Wildman–Crippen LogP) is 3.03. The lowest BCUT2D eigenvalue weighted by Gasteiger charge is -2.27. The minimum Gasteiger partial charge on any atom is -0.379 e. The van der Waals surface area contributed by atoms with Crippen LogP contribution in [0.15, 0.2) is 29.2 Å². The molecule has 37 heavy (non-hydrogen) atoms. The van der Waals surface area contributed by atoms with Crippen molar-refractivity contribution in [3.63, 3.8) is 0 Å². The number of amides is 2. The van der Waals surface area contributed by atoms with E-state index >= 15 is 0 Å². The van der Waals surface area contributed by atoms with Crippen LogP contribution in [0.3, 0.4) is 0 Å². The van der Waals surface area contributed by atoms with Gasteiger partial charge in [-0.3, -0.25) is 14.5 Å². The molecule has 3 aliphatic rings. The van der Waals surface area contributed by atoms with Gasteiger partial charge in [-0.1, -0.05) is 6.92 Å². The number of thiophene rings is 1. The van der Waals surface area contributed by atoms with Crippen molar-refractivity contribution in [3.8, 4) is 0 Å². The normalized spacial score (nSPS) is 19.1. The third-order valence-electron chi connectivity index (χ3n) is 7.23. The van der Waals surface area contributed by atoms with Crippen LogP contribution in [0, 0.1) is 0 Å². The van der Waals surface area contributed by atoms with Gasteiger partial charge in [0.05, 0.1) is 23.7 Å². The molecule has 2 saturated heterocycles. The summed E-state index contributed by atoms with van der Waals surface area (Å²) in [4.78, 5) is 32.3.